The Labute approximate surface area is 132 Å². The minimum atomic E-state index is -2.87. The van der Waals surface area contributed by atoms with Crippen LogP contribution >= 0.6 is 0 Å². The molecule has 2 atom stereocenters. The molecule has 1 N–H and O–H groups in total. The van der Waals surface area contributed by atoms with Crippen molar-refractivity contribution in [1.82, 2.24) is 15.3 Å². The van der Waals surface area contributed by atoms with Crippen molar-refractivity contribution in [3.63, 3.8) is 0 Å². The summed E-state index contributed by atoms with van der Waals surface area (Å²) in [4.78, 5) is 53.2. The topological polar surface area (TPSA) is 96.0 Å². The number of likely N-dealkylation sites (N-methyl/N-ethyl adjacent to an activating group) is 1. The Bertz CT molecular complexity index is 523. The molecule has 1 saturated heterocycles. The van der Waals surface area contributed by atoms with Crippen molar-refractivity contribution >= 4 is 23.7 Å². The van der Waals surface area contributed by atoms with Crippen LogP contribution in [0.4, 0.5) is 0 Å². The van der Waals surface area contributed by atoms with Crippen LogP contribution in [0.2, 0.25) is 0 Å². The SMILES string of the molecule is [2H]C([2H])(N[13C](=[18O])C(C(C)CC)[15N](C)C)C(=[18O])ON1C(=O)CCC1=O. The first kappa shape index (κ1) is 15.0. The number of amides is 3. The zero-order valence-corrected chi connectivity index (χ0v) is 13.2. The van der Waals surface area contributed by atoms with Gasteiger partial charge in [0.15, 0.2) is 0 Å². The van der Waals surface area contributed by atoms with E-state index in [1.807, 2.05) is 19.2 Å². The lowest BCUT2D eigenvalue weighted by Gasteiger charge is -2.28. The molecule has 124 valence electrons. The van der Waals surface area contributed by atoms with E-state index in [9.17, 15) is 19.2 Å². The third kappa shape index (κ3) is 4.52. The second-order valence-electron chi connectivity index (χ2n) is 5.37. The van der Waals surface area contributed by atoms with Gasteiger partial charge < -0.3 is 10.2 Å². The highest BCUT2D eigenvalue weighted by molar-refractivity contribution is 6.01. The molecule has 8 nitrogen and oxygen atoms in total. The van der Waals surface area contributed by atoms with Crippen LogP contribution in [0.3, 0.4) is 0 Å². The van der Waals surface area contributed by atoms with Crippen molar-refractivity contribution < 1.29 is 26.8 Å². The Hall–Kier alpha value is -1.96. The van der Waals surface area contributed by atoms with Crippen LogP contribution in [0.1, 0.15) is 35.9 Å². The normalized spacial score (nSPS) is 19.6. The number of hydrogen-bond donors (Lipinski definition) is 1. The minimum absolute atomic E-state index is 0.0754. The molecule has 0 bridgehead atoms. The van der Waals surface area contributed by atoms with Crippen molar-refractivity contribution in [1.29, 1.82) is 0 Å². The number of hydroxylamine groups is 2. The highest BCUT2D eigenvalue weighted by atomic mass is 18.1. The van der Waals surface area contributed by atoms with E-state index < -0.39 is 36.2 Å². The molecule has 0 aliphatic carbocycles. The fraction of sp³-hybridized carbons (Fsp3) is 0.714. The minimum Gasteiger partial charge on any atom is -0.344 e. The third-order valence-electron chi connectivity index (χ3n) is 3.48. The van der Waals surface area contributed by atoms with E-state index in [1.54, 1.807) is 19.0 Å². The number of carbonyl (C=O) groups excluding carboxylic acids is 4. The van der Waals surface area contributed by atoms with Crippen molar-refractivity contribution in [3.05, 3.63) is 0 Å². The molecule has 1 heterocycles. The fourth-order valence-electron chi connectivity index (χ4n) is 2.18. The van der Waals surface area contributed by atoms with Gasteiger partial charge in [-0.2, -0.15) is 0 Å². The van der Waals surface area contributed by atoms with Crippen molar-refractivity contribution in [2.75, 3.05) is 20.6 Å². The van der Waals surface area contributed by atoms with Gasteiger partial charge in [0.1, 0.15) is 6.50 Å². The Morgan fingerprint density at radius 3 is 2.41 bits per heavy atom. The van der Waals surface area contributed by atoms with E-state index in [0.29, 0.717) is 6.42 Å². The second kappa shape index (κ2) is 7.88. The summed E-state index contributed by atoms with van der Waals surface area (Å²) < 4.78 is 15.4. The molecule has 0 aromatic carbocycles. The first-order valence-corrected chi connectivity index (χ1v) is 7.07. The van der Waals surface area contributed by atoms with Gasteiger partial charge in [-0.15, -0.1) is 5.06 Å². The average Bonchev–Trinajstić information content (AvgIpc) is 2.77. The maximum atomic E-state index is 12.3. The molecule has 0 aromatic rings. The quantitative estimate of drug-likeness (QED) is 0.299. The van der Waals surface area contributed by atoms with Crippen LogP contribution in [0.15, 0.2) is 0 Å². The van der Waals surface area contributed by atoms with E-state index in [-0.39, 0.29) is 23.8 Å². The molecule has 3 amide bonds. The van der Waals surface area contributed by atoms with Crippen molar-refractivity contribution in [2.24, 2.45) is 5.92 Å². The maximum Gasteiger partial charge on any atom is 0.352 e. The molecular weight excluding hydrogens is 296 g/mol. The molecular formula is C14H23N3O5. The zero-order chi connectivity index (χ0) is 18.7. The van der Waals surface area contributed by atoms with Gasteiger partial charge in [-0.3, -0.25) is 19.3 Å². The van der Waals surface area contributed by atoms with E-state index in [2.05, 4.69) is 4.84 Å². The van der Waals surface area contributed by atoms with Crippen LogP contribution in [0, 0.1) is 5.92 Å². The number of carbonyl (C=O) groups is 4. The smallest absolute Gasteiger partial charge is 0.344 e. The van der Waals surface area contributed by atoms with Crippen molar-refractivity contribution in [2.45, 2.75) is 39.2 Å². The molecule has 1 aliphatic rings. The summed E-state index contributed by atoms with van der Waals surface area (Å²) in [5, 5.41) is 2.23. The van der Waals surface area contributed by atoms with Gasteiger partial charge in [-0.1, -0.05) is 20.3 Å². The lowest BCUT2D eigenvalue weighted by molar-refractivity contribution is -0.196. The summed E-state index contributed by atoms with van der Waals surface area (Å²) in [6.45, 7) is 0.851. The number of nitrogens with zero attached hydrogens (tertiary/aromatic N) is 2. The average molecular weight is 321 g/mol. The molecule has 2 unspecified atom stereocenters. The van der Waals surface area contributed by atoms with Gasteiger partial charge in [-0.05, 0) is 20.0 Å². The zero-order valence-electron chi connectivity index (χ0n) is 15.2. The van der Waals surface area contributed by atoms with Crippen LogP contribution in [0.25, 0.3) is 0 Å². The predicted molar refractivity (Wildman–Crippen MR) is 77.1 cm³/mol. The Morgan fingerprint density at radius 1 is 1.41 bits per heavy atom. The summed E-state index contributed by atoms with van der Waals surface area (Å²) in [6.07, 6.45) is 0.483. The van der Waals surface area contributed by atoms with E-state index in [1.165, 1.54) is 0 Å². The molecule has 0 radical (unpaired) electrons. The molecule has 1 fully saturated rings. The van der Waals surface area contributed by atoms with Crippen molar-refractivity contribution in [3.8, 4) is 0 Å². The standard InChI is InChI=1S/C14H23N3O5/c1-5-9(2)13(16(3)4)14(21)15-8-12(20)22-17-10(18)6-7-11(17)19/h9,13H,5-8H2,1-4H3,(H,15,21)/i8D2,14+1,16+1,20+2,21+2. The number of nitrogens with one attached hydrogen (secondary N) is 1. The van der Waals surface area contributed by atoms with Gasteiger partial charge in [0.05, 0.1) is 8.78 Å². The van der Waals surface area contributed by atoms with E-state index in [0.717, 1.165) is 0 Å². The number of rotatable bonds is 7. The van der Waals surface area contributed by atoms with Crippen LogP contribution in [0.5, 0.6) is 0 Å². The third-order valence-corrected chi connectivity index (χ3v) is 3.48. The van der Waals surface area contributed by atoms with Gasteiger partial charge >= 0.3 is 5.97 Å². The van der Waals surface area contributed by atoms with E-state index in [4.69, 9.17) is 2.74 Å². The summed E-state index contributed by atoms with van der Waals surface area (Å²) in [5.41, 5.74) is 0. The van der Waals surface area contributed by atoms with Gasteiger partial charge in [0.25, 0.3) is 11.8 Å². The summed E-state index contributed by atoms with van der Waals surface area (Å²) >= 11 is 0. The van der Waals surface area contributed by atoms with Crippen LogP contribution in [-0.2, 0) is 24.0 Å². The van der Waals surface area contributed by atoms with E-state index >= 15 is 0 Å². The van der Waals surface area contributed by atoms with Crippen LogP contribution < -0.4 is 5.32 Å². The Kier molecular flexibility index (Phi) is 5.36. The molecule has 0 aromatic heterocycles. The molecule has 1 rings (SSSR count). The molecule has 0 spiro atoms. The summed E-state index contributed by atoms with van der Waals surface area (Å²) in [7, 11) is 3.34. The fourth-order valence-corrected chi connectivity index (χ4v) is 2.18. The lowest BCUT2D eigenvalue weighted by Crippen LogP contribution is -2.49. The second-order valence-corrected chi connectivity index (χ2v) is 5.37. The van der Waals surface area contributed by atoms with Gasteiger partial charge in [-0.25, -0.2) is 4.79 Å². The predicted octanol–water partition coefficient (Wildman–Crippen LogP) is -0.314. The lowest BCUT2D eigenvalue weighted by atomic mass is 10.1. The van der Waals surface area contributed by atoms with Gasteiger partial charge in [0.2, 0.25) is 5.91 Å². The highest BCUT2D eigenvalue weighted by Gasteiger charge is 2.33. The first-order chi connectivity index (χ1) is 11.0. The Balaban J connectivity index is 2.79. The molecule has 0 saturated carbocycles. The molecule has 22 heavy (non-hydrogen) atoms. The number of hydrogen-bond acceptors (Lipinski definition) is 6. The molecule has 8 heteroatoms. The largest absolute Gasteiger partial charge is 0.352 e. The highest BCUT2D eigenvalue weighted by Crippen LogP contribution is 2.13. The first-order valence-electron chi connectivity index (χ1n) is 8.07. The van der Waals surface area contributed by atoms with Crippen LogP contribution in [-0.4, -0.2) is 60.3 Å². The summed E-state index contributed by atoms with van der Waals surface area (Å²) in [6, 6.07) is -0.645. The summed E-state index contributed by atoms with van der Waals surface area (Å²) in [5.74, 6) is -3.73. The maximum absolute atomic E-state index is 12.3. The Morgan fingerprint density at radius 2 is 1.95 bits per heavy atom. The monoisotopic (exact) mass is 321 g/mol. The molecule has 1 aliphatic heterocycles. The van der Waals surface area contributed by atoms with Gasteiger partial charge in [0, 0.05) is 12.8 Å². The number of imide groups is 1.